The third kappa shape index (κ3) is 5.58. The van der Waals surface area contributed by atoms with Crippen LogP contribution in [0.15, 0.2) is 48.5 Å². The first kappa shape index (κ1) is 19.0. The Hall–Kier alpha value is -2.82. The van der Waals surface area contributed by atoms with Gasteiger partial charge >= 0.3 is 0 Å². The molecular weight excluding hydrogens is 338 g/mol. The summed E-state index contributed by atoms with van der Waals surface area (Å²) in [5.74, 6) is 0.0194. The maximum absolute atomic E-state index is 12.4. The Morgan fingerprint density at radius 3 is 2.48 bits per heavy atom. The molecular formula is C22H27N3O2. The Kier molecular flexibility index (Phi) is 6.47. The molecule has 1 saturated carbocycles. The van der Waals surface area contributed by atoms with Crippen LogP contribution < -0.4 is 16.4 Å². The lowest BCUT2D eigenvalue weighted by molar-refractivity contribution is -0.120. The molecule has 0 saturated heterocycles. The summed E-state index contributed by atoms with van der Waals surface area (Å²) in [6.45, 7) is 0.543. The highest BCUT2D eigenvalue weighted by atomic mass is 16.2. The number of anilines is 2. The summed E-state index contributed by atoms with van der Waals surface area (Å²) >= 11 is 0. The molecule has 2 aromatic carbocycles. The number of hydrogen-bond donors (Lipinski definition) is 3. The van der Waals surface area contributed by atoms with Gasteiger partial charge in [-0.1, -0.05) is 37.5 Å². The van der Waals surface area contributed by atoms with Crippen molar-refractivity contribution in [1.82, 2.24) is 5.32 Å². The number of nitrogens with two attached hydrogens (primary N) is 1. The van der Waals surface area contributed by atoms with Gasteiger partial charge in [0, 0.05) is 29.4 Å². The fourth-order valence-corrected chi connectivity index (χ4v) is 3.45. The van der Waals surface area contributed by atoms with E-state index >= 15 is 0 Å². The van der Waals surface area contributed by atoms with E-state index in [9.17, 15) is 9.59 Å². The summed E-state index contributed by atoms with van der Waals surface area (Å²) in [7, 11) is 0. The largest absolute Gasteiger partial charge is 0.399 e. The first-order valence-electron chi connectivity index (χ1n) is 9.65. The van der Waals surface area contributed by atoms with E-state index in [2.05, 4.69) is 10.6 Å². The van der Waals surface area contributed by atoms with Gasteiger partial charge in [0.05, 0.1) is 0 Å². The van der Waals surface area contributed by atoms with Gasteiger partial charge in [0.1, 0.15) is 0 Å². The van der Waals surface area contributed by atoms with Crippen molar-refractivity contribution in [2.24, 2.45) is 5.92 Å². The number of hydrogen-bond acceptors (Lipinski definition) is 3. The fourth-order valence-electron chi connectivity index (χ4n) is 3.45. The highest BCUT2D eigenvalue weighted by molar-refractivity contribution is 5.97. The molecule has 27 heavy (non-hydrogen) atoms. The number of carbonyl (C=O) groups excluding carboxylic acids is 2. The first-order chi connectivity index (χ1) is 13.1. The SMILES string of the molecule is Nc1ccc(CCNC(=O)c2cccc(NC(=O)C3CCCCC3)c2)cc1. The van der Waals surface area contributed by atoms with Crippen molar-refractivity contribution in [3.63, 3.8) is 0 Å². The number of rotatable bonds is 6. The maximum Gasteiger partial charge on any atom is 0.251 e. The molecule has 0 atom stereocenters. The number of nitrogens with one attached hydrogen (secondary N) is 2. The first-order valence-corrected chi connectivity index (χ1v) is 9.65. The second kappa shape index (κ2) is 9.21. The van der Waals surface area contributed by atoms with Crippen LogP contribution in [0.5, 0.6) is 0 Å². The molecule has 0 aliphatic heterocycles. The molecule has 1 aliphatic carbocycles. The highest BCUT2D eigenvalue weighted by Gasteiger charge is 2.21. The van der Waals surface area contributed by atoms with Gasteiger partial charge in [-0.15, -0.1) is 0 Å². The van der Waals surface area contributed by atoms with Crippen LogP contribution in [0.25, 0.3) is 0 Å². The molecule has 2 amide bonds. The fraction of sp³-hybridized carbons (Fsp3) is 0.364. The van der Waals surface area contributed by atoms with E-state index in [1.165, 1.54) is 6.42 Å². The molecule has 0 aromatic heterocycles. The van der Waals surface area contributed by atoms with Gasteiger partial charge in [0.2, 0.25) is 5.91 Å². The molecule has 1 fully saturated rings. The van der Waals surface area contributed by atoms with Crippen molar-refractivity contribution in [3.05, 3.63) is 59.7 Å². The van der Waals surface area contributed by atoms with E-state index in [-0.39, 0.29) is 17.7 Å². The molecule has 0 heterocycles. The molecule has 2 aromatic rings. The van der Waals surface area contributed by atoms with Crippen LogP contribution in [0.4, 0.5) is 11.4 Å². The van der Waals surface area contributed by atoms with Crippen LogP contribution >= 0.6 is 0 Å². The molecule has 4 N–H and O–H groups in total. The van der Waals surface area contributed by atoms with Crippen molar-refractivity contribution in [1.29, 1.82) is 0 Å². The predicted molar refractivity (Wildman–Crippen MR) is 109 cm³/mol. The van der Waals surface area contributed by atoms with E-state index in [0.717, 1.165) is 43.4 Å². The molecule has 5 nitrogen and oxygen atoms in total. The third-order valence-corrected chi connectivity index (χ3v) is 5.05. The minimum absolute atomic E-state index is 0.0654. The average molecular weight is 365 g/mol. The lowest BCUT2D eigenvalue weighted by atomic mass is 9.88. The van der Waals surface area contributed by atoms with Crippen LogP contribution in [0.1, 0.15) is 48.0 Å². The minimum atomic E-state index is -0.140. The maximum atomic E-state index is 12.4. The number of amides is 2. The monoisotopic (exact) mass is 365 g/mol. The van der Waals surface area contributed by atoms with Crippen LogP contribution in [-0.2, 0) is 11.2 Å². The summed E-state index contributed by atoms with van der Waals surface area (Å²) < 4.78 is 0. The minimum Gasteiger partial charge on any atom is -0.399 e. The van der Waals surface area contributed by atoms with Crippen molar-refractivity contribution < 1.29 is 9.59 Å². The van der Waals surface area contributed by atoms with Gasteiger partial charge in [-0.3, -0.25) is 9.59 Å². The average Bonchev–Trinajstić information content (AvgIpc) is 2.70. The van der Waals surface area contributed by atoms with Gasteiger partial charge in [-0.25, -0.2) is 0 Å². The van der Waals surface area contributed by atoms with Crippen LogP contribution in [-0.4, -0.2) is 18.4 Å². The van der Waals surface area contributed by atoms with E-state index in [0.29, 0.717) is 17.8 Å². The predicted octanol–water partition coefficient (Wildman–Crippen LogP) is 3.76. The summed E-state index contributed by atoms with van der Waals surface area (Å²) in [5, 5.41) is 5.89. The zero-order valence-corrected chi connectivity index (χ0v) is 15.5. The number of carbonyl (C=O) groups is 2. The Morgan fingerprint density at radius 2 is 1.74 bits per heavy atom. The van der Waals surface area contributed by atoms with E-state index < -0.39 is 0 Å². The van der Waals surface area contributed by atoms with Crippen molar-refractivity contribution in [2.45, 2.75) is 38.5 Å². The smallest absolute Gasteiger partial charge is 0.251 e. The molecule has 0 spiro atoms. The Morgan fingerprint density at radius 1 is 1.00 bits per heavy atom. The van der Waals surface area contributed by atoms with Crippen LogP contribution in [0, 0.1) is 5.92 Å². The summed E-state index contributed by atoms with van der Waals surface area (Å²) in [6, 6.07) is 14.8. The van der Waals surface area contributed by atoms with Gasteiger partial charge in [0.25, 0.3) is 5.91 Å². The van der Waals surface area contributed by atoms with Gasteiger partial charge in [0.15, 0.2) is 0 Å². The van der Waals surface area contributed by atoms with Gasteiger partial charge in [-0.2, -0.15) is 0 Å². The summed E-state index contributed by atoms with van der Waals surface area (Å²) in [5.41, 5.74) is 8.76. The van der Waals surface area contributed by atoms with E-state index in [1.54, 1.807) is 18.2 Å². The zero-order valence-electron chi connectivity index (χ0n) is 15.5. The van der Waals surface area contributed by atoms with Crippen molar-refractivity contribution >= 4 is 23.2 Å². The Balaban J connectivity index is 1.51. The molecule has 1 aliphatic rings. The third-order valence-electron chi connectivity index (χ3n) is 5.05. The normalized spacial score (nSPS) is 14.5. The van der Waals surface area contributed by atoms with Gasteiger partial charge < -0.3 is 16.4 Å². The lowest BCUT2D eigenvalue weighted by Gasteiger charge is -2.20. The van der Waals surface area contributed by atoms with Crippen LogP contribution in [0.3, 0.4) is 0 Å². The second-order valence-electron chi connectivity index (χ2n) is 7.15. The summed E-state index contributed by atoms with van der Waals surface area (Å²) in [6.07, 6.45) is 6.11. The molecule has 0 radical (unpaired) electrons. The molecule has 5 heteroatoms. The molecule has 0 bridgehead atoms. The topological polar surface area (TPSA) is 84.2 Å². The zero-order chi connectivity index (χ0) is 19.1. The lowest BCUT2D eigenvalue weighted by Crippen LogP contribution is -2.26. The Bertz CT molecular complexity index is 780. The Labute approximate surface area is 160 Å². The molecule has 3 rings (SSSR count). The quantitative estimate of drug-likeness (QED) is 0.682. The van der Waals surface area contributed by atoms with E-state index in [4.69, 9.17) is 5.73 Å². The summed E-state index contributed by atoms with van der Waals surface area (Å²) in [4.78, 5) is 24.8. The van der Waals surface area contributed by atoms with Crippen LogP contribution in [0.2, 0.25) is 0 Å². The van der Waals surface area contributed by atoms with Gasteiger partial charge in [-0.05, 0) is 55.2 Å². The standard InChI is InChI=1S/C22H27N3O2/c23-19-11-9-16(10-12-19)13-14-24-21(26)18-7-4-8-20(15-18)25-22(27)17-5-2-1-3-6-17/h4,7-12,15,17H,1-3,5-6,13-14,23H2,(H,24,26)(H,25,27). The highest BCUT2D eigenvalue weighted by Crippen LogP contribution is 2.25. The number of benzene rings is 2. The number of nitrogen functional groups attached to an aromatic ring is 1. The molecule has 142 valence electrons. The second-order valence-corrected chi connectivity index (χ2v) is 7.15. The van der Waals surface area contributed by atoms with Crippen molar-refractivity contribution in [3.8, 4) is 0 Å². The molecule has 0 unspecified atom stereocenters. The van der Waals surface area contributed by atoms with E-state index in [1.807, 2.05) is 30.3 Å². The van der Waals surface area contributed by atoms with Crippen molar-refractivity contribution in [2.75, 3.05) is 17.6 Å².